The second-order valence-corrected chi connectivity index (χ2v) is 11.0. The lowest BCUT2D eigenvalue weighted by atomic mass is 10.1. The molecule has 140 valence electrons. The van der Waals surface area contributed by atoms with E-state index in [2.05, 4.69) is 16.4 Å². The van der Waals surface area contributed by atoms with Gasteiger partial charge in [-0.3, -0.25) is 4.79 Å². The topological polar surface area (TPSA) is 76.1 Å². The standard InChI is InChI=1S/C19H18N2O3S3/c22-18(20-15-9-10-27(23,24)12-15)14-7-5-13(6-8-14)11-25-19-21-16-3-1-2-4-17(16)26-19/h1-8,15H,9-12H2,(H,20,22). The number of benzene rings is 2. The van der Waals surface area contributed by atoms with E-state index in [1.807, 2.05) is 30.3 Å². The average molecular weight is 419 g/mol. The lowest BCUT2D eigenvalue weighted by Gasteiger charge is -2.11. The number of hydrogen-bond acceptors (Lipinski definition) is 6. The van der Waals surface area contributed by atoms with Crippen LogP contribution < -0.4 is 5.32 Å². The fourth-order valence-electron chi connectivity index (χ4n) is 2.99. The van der Waals surface area contributed by atoms with Gasteiger partial charge in [0.25, 0.3) is 5.91 Å². The molecule has 5 nitrogen and oxygen atoms in total. The number of amides is 1. The highest BCUT2D eigenvalue weighted by atomic mass is 32.2. The molecule has 0 saturated carbocycles. The van der Waals surface area contributed by atoms with Crippen LogP contribution in [-0.2, 0) is 15.6 Å². The van der Waals surface area contributed by atoms with Crippen molar-refractivity contribution in [3.05, 3.63) is 59.7 Å². The second kappa shape index (κ2) is 7.61. The van der Waals surface area contributed by atoms with E-state index in [0.717, 1.165) is 21.2 Å². The predicted molar refractivity (Wildman–Crippen MR) is 110 cm³/mol. The van der Waals surface area contributed by atoms with Gasteiger partial charge in [-0.25, -0.2) is 13.4 Å². The number of thioether (sulfide) groups is 1. The fraction of sp³-hybridized carbons (Fsp3) is 0.263. The van der Waals surface area contributed by atoms with Gasteiger partial charge in [0.05, 0.1) is 21.7 Å². The van der Waals surface area contributed by atoms with Gasteiger partial charge < -0.3 is 5.32 Å². The minimum atomic E-state index is -3.00. The van der Waals surface area contributed by atoms with Crippen molar-refractivity contribution >= 4 is 49.1 Å². The second-order valence-electron chi connectivity index (χ2n) is 6.51. The van der Waals surface area contributed by atoms with Crippen molar-refractivity contribution in [2.45, 2.75) is 22.6 Å². The van der Waals surface area contributed by atoms with Crippen molar-refractivity contribution in [1.29, 1.82) is 0 Å². The van der Waals surface area contributed by atoms with Gasteiger partial charge in [-0.05, 0) is 36.2 Å². The normalized spacial score (nSPS) is 18.6. The zero-order valence-corrected chi connectivity index (χ0v) is 16.9. The van der Waals surface area contributed by atoms with Crippen molar-refractivity contribution in [2.75, 3.05) is 11.5 Å². The van der Waals surface area contributed by atoms with Crippen LogP contribution in [0.4, 0.5) is 0 Å². The van der Waals surface area contributed by atoms with E-state index in [9.17, 15) is 13.2 Å². The number of aromatic nitrogens is 1. The summed E-state index contributed by atoms with van der Waals surface area (Å²) in [4.78, 5) is 16.9. The van der Waals surface area contributed by atoms with Crippen molar-refractivity contribution in [3.8, 4) is 0 Å². The molecule has 0 radical (unpaired) electrons. The number of thiazole rings is 1. The molecule has 1 saturated heterocycles. The third-order valence-corrected chi connectivity index (χ3v) is 8.44. The van der Waals surface area contributed by atoms with E-state index in [-0.39, 0.29) is 23.5 Å². The van der Waals surface area contributed by atoms with Gasteiger partial charge in [0.1, 0.15) is 0 Å². The minimum absolute atomic E-state index is 0.0373. The van der Waals surface area contributed by atoms with Gasteiger partial charge in [0, 0.05) is 17.4 Å². The molecular formula is C19H18N2O3S3. The Bertz CT molecular complexity index is 1040. The third-order valence-electron chi connectivity index (χ3n) is 4.42. The van der Waals surface area contributed by atoms with Gasteiger partial charge in [0.2, 0.25) is 0 Å². The molecule has 0 spiro atoms. The van der Waals surface area contributed by atoms with Crippen LogP contribution in [0, 0.1) is 0 Å². The van der Waals surface area contributed by atoms with Gasteiger partial charge in [-0.1, -0.05) is 36.0 Å². The van der Waals surface area contributed by atoms with Gasteiger partial charge in [-0.15, -0.1) is 11.3 Å². The zero-order valence-electron chi connectivity index (χ0n) is 14.4. The van der Waals surface area contributed by atoms with Gasteiger partial charge in [0.15, 0.2) is 14.2 Å². The third kappa shape index (κ3) is 4.51. The highest BCUT2D eigenvalue weighted by molar-refractivity contribution is 8.00. The van der Waals surface area contributed by atoms with E-state index in [0.29, 0.717) is 12.0 Å². The Hall–Kier alpha value is -1.90. The molecule has 2 heterocycles. The summed E-state index contributed by atoms with van der Waals surface area (Å²) in [6.45, 7) is 0. The Morgan fingerprint density at radius 3 is 2.67 bits per heavy atom. The zero-order chi connectivity index (χ0) is 18.9. The molecule has 1 aromatic heterocycles. The summed E-state index contributed by atoms with van der Waals surface area (Å²) in [5.74, 6) is 0.750. The summed E-state index contributed by atoms with van der Waals surface area (Å²) < 4.78 is 25.2. The number of rotatable bonds is 5. The van der Waals surface area contributed by atoms with Crippen molar-refractivity contribution in [2.24, 2.45) is 0 Å². The lowest BCUT2D eigenvalue weighted by molar-refractivity contribution is 0.0941. The largest absolute Gasteiger partial charge is 0.348 e. The molecule has 1 fully saturated rings. The molecule has 2 aromatic carbocycles. The number of nitrogens with zero attached hydrogens (tertiary/aromatic N) is 1. The molecule has 0 aliphatic carbocycles. The van der Waals surface area contributed by atoms with E-state index in [4.69, 9.17) is 0 Å². The van der Waals surface area contributed by atoms with Crippen LogP contribution in [-0.4, -0.2) is 36.9 Å². The first kappa shape index (κ1) is 18.5. The number of fused-ring (bicyclic) bond motifs is 1. The van der Waals surface area contributed by atoms with Crippen LogP contribution in [0.2, 0.25) is 0 Å². The molecular weight excluding hydrogens is 400 g/mol. The summed E-state index contributed by atoms with van der Waals surface area (Å²) in [5.41, 5.74) is 2.68. The number of hydrogen-bond donors (Lipinski definition) is 1. The lowest BCUT2D eigenvalue weighted by Crippen LogP contribution is -2.35. The van der Waals surface area contributed by atoms with Crippen molar-refractivity contribution in [1.82, 2.24) is 10.3 Å². The quantitative estimate of drug-likeness (QED) is 0.642. The predicted octanol–water partition coefficient (Wildman–Crippen LogP) is 3.51. The highest BCUT2D eigenvalue weighted by Gasteiger charge is 2.29. The van der Waals surface area contributed by atoms with Crippen LogP contribution >= 0.6 is 23.1 Å². The Balaban J connectivity index is 1.35. The van der Waals surface area contributed by atoms with E-state index < -0.39 is 9.84 Å². The molecule has 1 N–H and O–H groups in total. The summed E-state index contributed by atoms with van der Waals surface area (Å²) in [6, 6.07) is 15.2. The number of para-hydroxylation sites is 1. The SMILES string of the molecule is O=C(NC1CCS(=O)(=O)C1)c1ccc(CSc2nc3ccccc3s2)cc1. The first-order chi connectivity index (χ1) is 13.0. The van der Waals surface area contributed by atoms with Crippen molar-refractivity contribution < 1.29 is 13.2 Å². The van der Waals surface area contributed by atoms with Crippen LogP contribution in [0.1, 0.15) is 22.3 Å². The highest BCUT2D eigenvalue weighted by Crippen LogP contribution is 2.31. The molecule has 27 heavy (non-hydrogen) atoms. The fourth-order valence-corrected chi connectivity index (χ4v) is 6.69. The Labute approximate surface area is 166 Å². The molecule has 1 aliphatic heterocycles. The molecule has 8 heteroatoms. The molecule has 1 aliphatic rings. The molecule has 1 atom stereocenters. The Morgan fingerprint density at radius 2 is 1.96 bits per heavy atom. The van der Waals surface area contributed by atoms with Gasteiger partial charge in [-0.2, -0.15) is 0 Å². The molecule has 4 rings (SSSR count). The maximum atomic E-state index is 12.3. The first-order valence-electron chi connectivity index (χ1n) is 8.57. The summed E-state index contributed by atoms with van der Waals surface area (Å²) in [7, 11) is -3.00. The maximum Gasteiger partial charge on any atom is 0.251 e. The minimum Gasteiger partial charge on any atom is -0.348 e. The van der Waals surface area contributed by atoms with Crippen LogP contribution in [0.5, 0.6) is 0 Å². The Kier molecular flexibility index (Phi) is 5.21. The summed E-state index contributed by atoms with van der Waals surface area (Å²) in [6.07, 6.45) is 0.491. The average Bonchev–Trinajstić information content (AvgIpc) is 3.22. The van der Waals surface area contributed by atoms with Gasteiger partial charge >= 0.3 is 0 Å². The maximum absolute atomic E-state index is 12.3. The molecule has 0 bridgehead atoms. The van der Waals surface area contributed by atoms with E-state index in [1.54, 1.807) is 35.2 Å². The van der Waals surface area contributed by atoms with E-state index >= 15 is 0 Å². The van der Waals surface area contributed by atoms with Crippen LogP contribution in [0.15, 0.2) is 52.9 Å². The number of nitrogens with one attached hydrogen (secondary N) is 1. The van der Waals surface area contributed by atoms with Crippen LogP contribution in [0.3, 0.4) is 0 Å². The number of carbonyl (C=O) groups is 1. The van der Waals surface area contributed by atoms with Crippen LogP contribution in [0.25, 0.3) is 10.2 Å². The number of carbonyl (C=O) groups excluding carboxylic acids is 1. The first-order valence-corrected chi connectivity index (χ1v) is 12.2. The number of sulfone groups is 1. The smallest absolute Gasteiger partial charge is 0.251 e. The summed E-state index contributed by atoms with van der Waals surface area (Å²) >= 11 is 3.36. The molecule has 3 aromatic rings. The van der Waals surface area contributed by atoms with E-state index in [1.165, 1.54) is 4.70 Å². The molecule has 1 unspecified atom stereocenters. The Morgan fingerprint density at radius 1 is 1.19 bits per heavy atom. The molecule has 1 amide bonds. The monoisotopic (exact) mass is 418 g/mol. The summed E-state index contributed by atoms with van der Waals surface area (Å²) in [5, 5.41) is 2.81. The van der Waals surface area contributed by atoms with Crippen molar-refractivity contribution in [3.63, 3.8) is 0 Å².